The third-order valence-electron chi connectivity index (χ3n) is 1.89. The molecular weight excluding hydrogens is 224 g/mol. The van der Waals surface area contributed by atoms with E-state index < -0.39 is 17.7 Å². The van der Waals surface area contributed by atoms with Crippen molar-refractivity contribution in [3.8, 4) is 0 Å². The molecule has 0 aromatic rings. The minimum absolute atomic E-state index is 0.249. The zero-order valence-electron chi connectivity index (χ0n) is 11.2. The van der Waals surface area contributed by atoms with Gasteiger partial charge in [-0.25, -0.2) is 9.59 Å². The highest BCUT2D eigenvalue weighted by molar-refractivity contribution is 5.81. The van der Waals surface area contributed by atoms with Crippen molar-refractivity contribution in [1.29, 1.82) is 0 Å². The zero-order chi connectivity index (χ0) is 13.5. The lowest BCUT2D eigenvalue weighted by Gasteiger charge is -2.23. The van der Waals surface area contributed by atoms with Gasteiger partial charge in [-0.05, 0) is 34.1 Å². The monoisotopic (exact) mass is 246 g/mol. The molecule has 5 nitrogen and oxygen atoms in total. The smallest absolute Gasteiger partial charge is 0.460 e. The van der Waals surface area contributed by atoms with E-state index in [0.717, 1.165) is 12.8 Å². The van der Waals surface area contributed by atoms with Crippen molar-refractivity contribution in [2.45, 2.75) is 59.2 Å². The highest BCUT2D eigenvalue weighted by Crippen LogP contribution is 2.14. The van der Waals surface area contributed by atoms with Gasteiger partial charge in [0.15, 0.2) is 0 Å². The summed E-state index contributed by atoms with van der Waals surface area (Å²) in [6.07, 6.45) is 0.600. The molecule has 0 aliphatic carbocycles. The Morgan fingerprint density at radius 1 is 1.24 bits per heavy atom. The Bertz CT molecular complexity index is 258. The molecule has 0 N–H and O–H groups in total. The van der Waals surface area contributed by atoms with E-state index >= 15 is 0 Å². The molecule has 0 heterocycles. The molecule has 0 amide bonds. The van der Waals surface area contributed by atoms with E-state index in [4.69, 9.17) is 14.2 Å². The molecule has 0 unspecified atom stereocenters. The SMILES string of the molecule is CCCCOC(=O)OC(C)(C)C(=O)OC(C)C. The summed E-state index contributed by atoms with van der Waals surface area (Å²) < 4.78 is 14.7. The van der Waals surface area contributed by atoms with E-state index in [1.165, 1.54) is 13.8 Å². The number of hydrogen-bond acceptors (Lipinski definition) is 5. The maximum Gasteiger partial charge on any atom is 0.509 e. The van der Waals surface area contributed by atoms with Crippen LogP contribution in [0.15, 0.2) is 0 Å². The van der Waals surface area contributed by atoms with Crippen LogP contribution in [0.5, 0.6) is 0 Å². The van der Waals surface area contributed by atoms with Crippen LogP contribution in [0.3, 0.4) is 0 Å². The van der Waals surface area contributed by atoms with Gasteiger partial charge in [0, 0.05) is 0 Å². The van der Waals surface area contributed by atoms with Gasteiger partial charge in [0.25, 0.3) is 0 Å². The fourth-order valence-electron chi connectivity index (χ4n) is 0.935. The Morgan fingerprint density at radius 2 is 1.82 bits per heavy atom. The van der Waals surface area contributed by atoms with Crippen molar-refractivity contribution in [1.82, 2.24) is 0 Å². The molecule has 0 fully saturated rings. The number of ether oxygens (including phenoxy) is 3. The Kier molecular flexibility index (Phi) is 6.61. The minimum atomic E-state index is -1.33. The average molecular weight is 246 g/mol. The summed E-state index contributed by atoms with van der Waals surface area (Å²) in [6.45, 7) is 8.68. The Labute approximate surface area is 102 Å². The molecule has 0 bridgehead atoms. The first kappa shape index (κ1) is 15.7. The molecule has 0 aromatic carbocycles. The third kappa shape index (κ3) is 6.81. The molecule has 0 spiro atoms. The molecule has 5 heteroatoms. The predicted octanol–water partition coefficient (Wildman–Crippen LogP) is 2.67. The topological polar surface area (TPSA) is 61.8 Å². The lowest BCUT2D eigenvalue weighted by atomic mass is 10.1. The van der Waals surface area contributed by atoms with Crippen molar-refractivity contribution >= 4 is 12.1 Å². The van der Waals surface area contributed by atoms with Gasteiger partial charge in [-0.1, -0.05) is 13.3 Å². The average Bonchev–Trinajstić information content (AvgIpc) is 2.16. The third-order valence-corrected chi connectivity index (χ3v) is 1.89. The van der Waals surface area contributed by atoms with Gasteiger partial charge in [-0.2, -0.15) is 0 Å². The van der Waals surface area contributed by atoms with Crippen LogP contribution in [-0.4, -0.2) is 30.4 Å². The van der Waals surface area contributed by atoms with Gasteiger partial charge in [-0.15, -0.1) is 0 Å². The summed E-state index contributed by atoms with van der Waals surface area (Å²) in [7, 11) is 0. The second-order valence-corrected chi connectivity index (χ2v) is 4.52. The molecule has 0 radical (unpaired) electrons. The number of esters is 1. The van der Waals surface area contributed by atoms with Crippen LogP contribution in [0.2, 0.25) is 0 Å². The van der Waals surface area contributed by atoms with Crippen LogP contribution in [0.4, 0.5) is 4.79 Å². The Morgan fingerprint density at radius 3 is 2.29 bits per heavy atom. The molecule has 0 atom stereocenters. The van der Waals surface area contributed by atoms with Crippen LogP contribution in [0.25, 0.3) is 0 Å². The fraction of sp³-hybridized carbons (Fsp3) is 0.833. The second kappa shape index (κ2) is 7.14. The van der Waals surface area contributed by atoms with Crippen LogP contribution in [0, 0.1) is 0 Å². The largest absolute Gasteiger partial charge is 0.509 e. The Hall–Kier alpha value is -1.26. The molecule has 0 saturated heterocycles. The van der Waals surface area contributed by atoms with Crippen LogP contribution >= 0.6 is 0 Å². The molecular formula is C12H22O5. The molecule has 17 heavy (non-hydrogen) atoms. The standard InChI is InChI=1S/C12H22O5/c1-6-7-8-15-11(14)17-12(4,5)10(13)16-9(2)3/h9H,6-8H2,1-5H3. The Balaban J connectivity index is 4.14. The van der Waals surface area contributed by atoms with Gasteiger partial charge in [-0.3, -0.25) is 0 Å². The van der Waals surface area contributed by atoms with Crippen molar-refractivity contribution in [3.63, 3.8) is 0 Å². The lowest BCUT2D eigenvalue weighted by Crippen LogP contribution is -2.40. The maximum absolute atomic E-state index is 11.6. The zero-order valence-corrected chi connectivity index (χ0v) is 11.2. The van der Waals surface area contributed by atoms with E-state index in [-0.39, 0.29) is 6.10 Å². The first-order chi connectivity index (χ1) is 7.79. The lowest BCUT2D eigenvalue weighted by molar-refractivity contribution is -0.168. The van der Waals surface area contributed by atoms with E-state index in [0.29, 0.717) is 6.61 Å². The summed E-state index contributed by atoms with van der Waals surface area (Å²) in [6, 6.07) is 0. The van der Waals surface area contributed by atoms with Crippen molar-refractivity contribution in [2.24, 2.45) is 0 Å². The quantitative estimate of drug-likeness (QED) is 0.532. The predicted molar refractivity (Wildman–Crippen MR) is 62.6 cm³/mol. The number of hydrogen-bond donors (Lipinski definition) is 0. The molecule has 0 aliphatic rings. The van der Waals surface area contributed by atoms with Gasteiger partial charge < -0.3 is 14.2 Å². The molecule has 0 saturated carbocycles. The summed E-state index contributed by atoms with van der Waals surface area (Å²) >= 11 is 0. The van der Waals surface area contributed by atoms with Crippen molar-refractivity contribution < 1.29 is 23.8 Å². The molecule has 0 rings (SSSR count). The highest BCUT2D eigenvalue weighted by Gasteiger charge is 2.35. The summed E-state index contributed by atoms with van der Waals surface area (Å²) in [5, 5.41) is 0. The maximum atomic E-state index is 11.6. The van der Waals surface area contributed by atoms with E-state index in [9.17, 15) is 9.59 Å². The van der Waals surface area contributed by atoms with Crippen LogP contribution in [0.1, 0.15) is 47.5 Å². The van der Waals surface area contributed by atoms with Gasteiger partial charge >= 0.3 is 12.1 Å². The number of carbonyl (C=O) groups excluding carboxylic acids is 2. The van der Waals surface area contributed by atoms with Gasteiger partial charge in [0.2, 0.25) is 5.60 Å². The minimum Gasteiger partial charge on any atom is -0.460 e. The molecule has 0 aromatic heterocycles. The van der Waals surface area contributed by atoms with Gasteiger partial charge in [0.05, 0.1) is 12.7 Å². The summed E-state index contributed by atoms with van der Waals surface area (Å²) in [4.78, 5) is 22.9. The first-order valence-electron chi connectivity index (χ1n) is 5.86. The number of unbranched alkanes of at least 4 members (excludes halogenated alkanes) is 1. The van der Waals surface area contributed by atoms with E-state index in [1.807, 2.05) is 6.92 Å². The number of carbonyl (C=O) groups is 2. The van der Waals surface area contributed by atoms with Crippen LogP contribution in [-0.2, 0) is 19.0 Å². The fourth-order valence-corrected chi connectivity index (χ4v) is 0.935. The van der Waals surface area contributed by atoms with E-state index in [1.54, 1.807) is 13.8 Å². The van der Waals surface area contributed by atoms with Crippen LogP contribution < -0.4 is 0 Å². The van der Waals surface area contributed by atoms with Crippen molar-refractivity contribution in [3.05, 3.63) is 0 Å². The summed E-state index contributed by atoms with van der Waals surface area (Å²) in [5.74, 6) is -0.583. The van der Waals surface area contributed by atoms with Gasteiger partial charge in [0.1, 0.15) is 0 Å². The number of rotatable bonds is 6. The molecule has 100 valence electrons. The molecule has 0 aliphatic heterocycles. The summed E-state index contributed by atoms with van der Waals surface area (Å²) in [5.41, 5.74) is -1.33. The first-order valence-corrected chi connectivity index (χ1v) is 5.86. The van der Waals surface area contributed by atoms with Crippen molar-refractivity contribution in [2.75, 3.05) is 6.61 Å². The normalized spacial score (nSPS) is 11.2. The highest BCUT2D eigenvalue weighted by atomic mass is 16.7. The van der Waals surface area contributed by atoms with E-state index in [2.05, 4.69) is 0 Å². The second-order valence-electron chi connectivity index (χ2n) is 4.52.